The Hall–Kier alpha value is -5.32. The van der Waals surface area contributed by atoms with Crippen molar-refractivity contribution in [1.29, 1.82) is 0 Å². The molecule has 236 valence electrons. The van der Waals surface area contributed by atoms with Crippen molar-refractivity contribution < 1.29 is 0 Å². The number of fused-ring (bicyclic) bond motifs is 8. The zero-order valence-corrected chi connectivity index (χ0v) is 28.0. The van der Waals surface area contributed by atoms with Crippen molar-refractivity contribution in [1.82, 2.24) is 10.3 Å². The number of rotatable bonds is 4. The van der Waals surface area contributed by atoms with Crippen LogP contribution in [-0.2, 0) is 5.41 Å². The van der Waals surface area contributed by atoms with E-state index in [9.17, 15) is 0 Å². The van der Waals surface area contributed by atoms with Crippen molar-refractivity contribution in [3.8, 4) is 33.4 Å². The zero-order chi connectivity index (χ0) is 32.4. The molecule has 3 aliphatic rings. The number of hydrogen-bond donors (Lipinski definition) is 1. The van der Waals surface area contributed by atoms with E-state index in [4.69, 9.17) is 4.99 Å². The molecule has 1 N–H and O–H groups in total. The molecule has 1 fully saturated rings. The molecule has 3 nitrogen and oxygen atoms in total. The topological polar surface area (TPSA) is 37.3 Å². The lowest BCUT2D eigenvalue weighted by atomic mass is 9.68. The average Bonchev–Trinajstić information content (AvgIpc) is 3.68. The van der Waals surface area contributed by atoms with Crippen molar-refractivity contribution in [2.75, 3.05) is 0 Å². The number of aromatic nitrogens is 1. The van der Waals surface area contributed by atoms with Crippen LogP contribution >= 0.6 is 11.3 Å². The van der Waals surface area contributed by atoms with Crippen molar-refractivity contribution >= 4 is 32.9 Å². The highest BCUT2D eigenvalue weighted by atomic mass is 32.1. The molecule has 4 heteroatoms. The minimum Gasteiger partial charge on any atom is -0.358 e. The van der Waals surface area contributed by atoms with E-state index in [1.165, 1.54) is 91.6 Å². The third-order valence-electron chi connectivity index (χ3n) is 11.0. The Kier molecular flexibility index (Phi) is 6.66. The van der Waals surface area contributed by atoms with Crippen LogP contribution in [0.25, 0.3) is 43.5 Å². The lowest BCUT2D eigenvalue weighted by Crippen LogP contribution is -2.32. The lowest BCUT2D eigenvalue weighted by Gasteiger charge is -2.36. The Bertz CT molecular complexity index is 2410. The minimum absolute atomic E-state index is 0.00701. The molecule has 2 aromatic heterocycles. The van der Waals surface area contributed by atoms with Gasteiger partial charge in [-0.05, 0) is 99.3 Å². The fourth-order valence-electron chi connectivity index (χ4n) is 8.71. The fourth-order valence-corrected chi connectivity index (χ4v) is 9.93. The summed E-state index contributed by atoms with van der Waals surface area (Å²) in [5.74, 6) is 0.893. The van der Waals surface area contributed by atoms with Gasteiger partial charge in [-0.2, -0.15) is 0 Å². The predicted octanol–water partition coefficient (Wildman–Crippen LogP) is 11.6. The highest BCUT2D eigenvalue weighted by Gasteiger charge is 2.43. The highest BCUT2D eigenvalue weighted by molar-refractivity contribution is 7.19. The van der Waals surface area contributed by atoms with Gasteiger partial charge in [0.25, 0.3) is 0 Å². The van der Waals surface area contributed by atoms with Gasteiger partial charge in [-0.1, -0.05) is 110 Å². The van der Waals surface area contributed by atoms with Crippen LogP contribution in [0, 0.1) is 0 Å². The minimum atomic E-state index is 0.00701. The van der Waals surface area contributed by atoms with Gasteiger partial charge >= 0.3 is 0 Å². The maximum Gasteiger partial charge on any atom is 0.134 e. The van der Waals surface area contributed by atoms with Gasteiger partial charge < -0.3 is 5.32 Å². The maximum atomic E-state index is 5.27. The van der Waals surface area contributed by atoms with Crippen LogP contribution in [0.3, 0.4) is 0 Å². The number of hydrogen-bond acceptors (Lipinski definition) is 4. The van der Waals surface area contributed by atoms with Crippen molar-refractivity contribution in [3.63, 3.8) is 0 Å². The Morgan fingerprint density at radius 2 is 1.27 bits per heavy atom. The van der Waals surface area contributed by atoms with Crippen LogP contribution in [0.4, 0.5) is 5.69 Å². The normalized spacial score (nSPS) is 17.2. The summed E-state index contributed by atoms with van der Waals surface area (Å²) < 4.78 is 1.26. The van der Waals surface area contributed by atoms with Gasteiger partial charge in [0.15, 0.2) is 0 Å². The highest BCUT2D eigenvalue weighted by Crippen LogP contribution is 2.56. The van der Waals surface area contributed by atoms with Gasteiger partial charge in [-0.25, -0.2) is 4.99 Å². The SMILES string of the molecule is c1cc(C2=Nc3c(sc4ccccc34)C(c3ccncc3)N2)cc(-c2cccc(-c3ccc4c(c3)-c3ccccc3C43CCCCC3)c2)c1. The van der Waals surface area contributed by atoms with Gasteiger partial charge in [0.05, 0.1) is 16.6 Å². The molecule has 49 heavy (non-hydrogen) atoms. The molecule has 1 atom stereocenters. The van der Waals surface area contributed by atoms with E-state index in [1.807, 2.05) is 23.7 Å². The van der Waals surface area contributed by atoms with Crippen molar-refractivity contribution in [3.05, 3.63) is 167 Å². The van der Waals surface area contributed by atoms with E-state index in [-0.39, 0.29) is 11.5 Å². The van der Waals surface area contributed by atoms with Crippen molar-refractivity contribution in [2.24, 2.45) is 4.99 Å². The first-order valence-electron chi connectivity index (χ1n) is 17.5. The molecule has 10 rings (SSSR count). The summed E-state index contributed by atoms with van der Waals surface area (Å²) in [6, 6.07) is 47.1. The van der Waals surface area contributed by atoms with E-state index in [0.717, 1.165) is 17.1 Å². The molecule has 1 unspecified atom stereocenters. The second-order valence-corrected chi connectivity index (χ2v) is 14.8. The fraction of sp³-hybridized carbons (Fsp3) is 0.156. The Morgan fingerprint density at radius 3 is 2.08 bits per heavy atom. The molecule has 7 aromatic rings. The quantitative estimate of drug-likeness (QED) is 0.206. The molecule has 1 aliphatic heterocycles. The summed E-state index contributed by atoms with van der Waals surface area (Å²) in [6.45, 7) is 0. The lowest BCUT2D eigenvalue weighted by molar-refractivity contribution is 0.353. The molecule has 5 aromatic carbocycles. The van der Waals surface area contributed by atoms with E-state index < -0.39 is 0 Å². The second-order valence-electron chi connectivity index (χ2n) is 13.7. The molecule has 1 spiro atoms. The van der Waals surface area contributed by atoms with Crippen LogP contribution in [0.15, 0.2) is 145 Å². The summed E-state index contributed by atoms with van der Waals surface area (Å²) in [5.41, 5.74) is 14.3. The van der Waals surface area contributed by atoms with Crippen LogP contribution < -0.4 is 5.32 Å². The zero-order valence-electron chi connectivity index (χ0n) is 27.2. The van der Waals surface area contributed by atoms with Gasteiger partial charge in [0.1, 0.15) is 5.84 Å². The summed E-state index contributed by atoms with van der Waals surface area (Å²) >= 11 is 1.82. The molecule has 0 amide bonds. The standard InChI is InChI=1S/C45H35N3S/c1-6-22-45(23-7-1)38-16-4-2-14-35(38)37-28-33(18-19-39(37)45)31-11-8-10-30(26-31)32-12-9-13-34(27-32)44-47-41(29-20-24-46-25-21-29)43-42(48-44)36-15-3-5-17-40(36)49-43/h2-5,8-21,24-28,41H,1,6-7,22-23H2,(H,47,48). The Labute approximate surface area is 291 Å². The summed E-state index contributed by atoms with van der Waals surface area (Å²) in [4.78, 5) is 10.8. The number of nitrogens with zero attached hydrogens (tertiary/aromatic N) is 2. The van der Waals surface area contributed by atoms with Gasteiger partial charge in [0.2, 0.25) is 0 Å². The first-order chi connectivity index (χ1) is 24.2. The first-order valence-corrected chi connectivity index (χ1v) is 18.3. The third-order valence-corrected chi connectivity index (χ3v) is 12.3. The summed E-state index contributed by atoms with van der Waals surface area (Å²) in [7, 11) is 0. The number of pyridine rings is 1. The molecule has 0 saturated heterocycles. The monoisotopic (exact) mass is 649 g/mol. The number of nitrogens with one attached hydrogen (secondary N) is 1. The van der Waals surface area contributed by atoms with E-state index in [2.05, 4.69) is 138 Å². The number of thiophene rings is 1. The number of aliphatic imine (C=N–C) groups is 1. The average molecular weight is 650 g/mol. The smallest absolute Gasteiger partial charge is 0.134 e. The summed E-state index contributed by atoms with van der Waals surface area (Å²) in [5, 5.41) is 5.01. The van der Waals surface area contributed by atoms with Crippen molar-refractivity contribution in [2.45, 2.75) is 43.6 Å². The molecule has 0 bridgehead atoms. The third kappa shape index (κ3) is 4.62. The van der Waals surface area contributed by atoms with Crippen LogP contribution in [0.1, 0.15) is 65.3 Å². The molecule has 1 saturated carbocycles. The molecular formula is C45H35N3S. The van der Waals surface area contributed by atoms with Crippen LogP contribution in [0.2, 0.25) is 0 Å². The largest absolute Gasteiger partial charge is 0.358 e. The second kappa shape index (κ2) is 11.4. The van der Waals surface area contributed by atoms with Crippen LogP contribution in [-0.4, -0.2) is 10.8 Å². The molecule has 3 heterocycles. The Morgan fingerprint density at radius 1 is 0.592 bits per heavy atom. The van der Waals surface area contributed by atoms with E-state index in [1.54, 1.807) is 5.56 Å². The maximum absolute atomic E-state index is 5.27. The molecule has 2 aliphatic carbocycles. The summed E-state index contributed by atoms with van der Waals surface area (Å²) in [6.07, 6.45) is 10.2. The number of amidine groups is 1. The van der Waals surface area contributed by atoms with Gasteiger partial charge in [-0.15, -0.1) is 11.3 Å². The molecular weight excluding hydrogens is 615 g/mol. The number of benzene rings is 5. The van der Waals surface area contributed by atoms with E-state index in [0.29, 0.717) is 0 Å². The van der Waals surface area contributed by atoms with Gasteiger partial charge in [0, 0.05) is 33.5 Å². The van der Waals surface area contributed by atoms with Crippen LogP contribution in [0.5, 0.6) is 0 Å². The first kappa shape index (κ1) is 28.7. The van der Waals surface area contributed by atoms with Gasteiger partial charge in [-0.3, -0.25) is 4.98 Å². The molecule has 0 radical (unpaired) electrons. The predicted molar refractivity (Wildman–Crippen MR) is 204 cm³/mol. The van der Waals surface area contributed by atoms with E-state index >= 15 is 0 Å². The Balaban J connectivity index is 1.03.